The summed E-state index contributed by atoms with van der Waals surface area (Å²) in [4.78, 5) is 11.4. The first-order valence-electron chi connectivity index (χ1n) is 7.58. The van der Waals surface area contributed by atoms with Crippen LogP contribution in [-0.2, 0) is 9.31 Å². The molecule has 1 fully saturated rings. The van der Waals surface area contributed by atoms with Crippen molar-refractivity contribution >= 4 is 31.8 Å². The van der Waals surface area contributed by atoms with Crippen LogP contribution in [0.5, 0.6) is 0 Å². The molecule has 0 aliphatic carbocycles. The van der Waals surface area contributed by atoms with Crippen molar-refractivity contribution in [3.63, 3.8) is 0 Å². The molecule has 124 valence electrons. The molecule has 0 amide bonds. The minimum atomic E-state index is -0.955. The van der Waals surface area contributed by atoms with Gasteiger partial charge in [0.1, 0.15) is 0 Å². The van der Waals surface area contributed by atoms with E-state index in [1.54, 1.807) is 12.1 Å². The molecule has 0 radical (unpaired) electrons. The quantitative estimate of drug-likeness (QED) is 0.652. The Hall–Kier alpha value is -1.24. The molecule has 1 aromatic carbocycles. The van der Waals surface area contributed by atoms with Crippen LogP contribution in [0.15, 0.2) is 23.7 Å². The summed E-state index contributed by atoms with van der Waals surface area (Å²) in [5, 5.41) is 9.36. The smallest absolute Gasteiger partial charge is 0.478 e. The molecule has 0 unspecified atom stereocenters. The van der Waals surface area contributed by atoms with Crippen LogP contribution in [0.4, 0.5) is 0 Å². The molecule has 0 spiro atoms. The van der Waals surface area contributed by atoms with Crippen LogP contribution in [0.25, 0.3) is 6.08 Å². The van der Waals surface area contributed by atoms with Crippen LogP contribution < -0.4 is 0 Å². The molecule has 0 bridgehead atoms. The number of aryl methyl sites for hydroxylation is 1. The van der Waals surface area contributed by atoms with Crippen LogP contribution in [0, 0.1) is 6.92 Å². The van der Waals surface area contributed by atoms with Gasteiger partial charge in [0.05, 0.1) is 16.8 Å². The maximum absolute atomic E-state index is 11.4. The van der Waals surface area contributed by atoms with E-state index in [4.69, 9.17) is 9.31 Å². The van der Waals surface area contributed by atoms with Crippen LogP contribution in [-0.4, -0.2) is 35.1 Å². The highest BCUT2D eigenvalue weighted by Gasteiger charge is 2.52. The maximum Gasteiger partial charge on any atom is 0.491 e. The Morgan fingerprint density at radius 2 is 1.83 bits per heavy atom. The number of hydrogen-bond donors (Lipinski definition) is 2. The van der Waals surface area contributed by atoms with Gasteiger partial charge in [0.15, 0.2) is 0 Å². The lowest BCUT2D eigenvalue weighted by Crippen LogP contribution is -2.41. The minimum absolute atomic E-state index is 0.256. The second-order valence-electron chi connectivity index (χ2n) is 6.86. The van der Waals surface area contributed by atoms with Crippen LogP contribution in [0.1, 0.15) is 49.2 Å². The summed E-state index contributed by atoms with van der Waals surface area (Å²) >= 11 is 4.37. The number of aromatic carboxylic acids is 1. The number of rotatable bonds is 4. The third-order valence-electron chi connectivity index (χ3n) is 4.52. The molecule has 4 nitrogen and oxygen atoms in total. The topological polar surface area (TPSA) is 55.8 Å². The van der Waals surface area contributed by atoms with Gasteiger partial charge in [0.25, 0.3) is 0 Å². The number of carbonyl (C=O) groups is 1. The molecular weight excluding hydrogens is 311 g/mol. The Morgan fingerprint density at radius 1 is 1.26 bits per heavy atom. The maximum atomic E-state index is 11.4. The lowest BCUT2D eigenvalue weighted by atomic mass is 9.78. The molecular formula is C17H23BO4S. The molecule has 0 aromatic heterocycles. The summed E-state index contributed by atoms with van der Waals surface area (Å²) in [6.07, 6.45) is 1.81. The first-order valence-corrected chi connectivity index (χ1v) is 8.21. The molecule has 1 aliphatic heterocycles. The Bertz CT molecular complexity index is 636. The van der Waals surface area contributed by atoms with Crippen LogP contribution in [0.3, 0.4) is 0 Å². The second-order valence-corrected chi connectivity index (χ2v) is 7.18. The van der Waals surface area contributed by atoms with Crippen molar-refractivity contribution in [2.24, 2.45) is 0 Å². The van der Waals surface area contributed by atoms with Gasteiger partial charge in [-0.2, -0.15) is 12.6 Å². The second kappa shape index (κ2) is 6.34. The summed E-state index contributed by atoms with van der Waals surface area (Å²) in [6.45, 7) is 9.87. The van der Waals surface area contributed by atoms with Crippen molar-refractivity contribution in [2.45, 2.75) is 45.8 Å². The third kappa shape index (κ3) is 3.65. The molecule has 0 saturated carbocycles. The van der Waals surface area contributed by atoms with E-state index in [9.17, 15) is 9.90 Å². The molecule has 6 heteroatoms. The minimum Gasteiger partial charge on any atom is -0.478 e. The first-order chi connectivity index (χ1) is 10.6. The fourth-order valence-electron chi connectivity index (χ4n) is 2.38. The van der Waals surface area contributed by atoms with Crippen molar-refractivity contribution in [2.75, 3.05) is 5.75 Å². The van der Waals surface area contributed by atoms with E-state index >= 15 is 0 Å². The number of thiol groups is 1. The highest BCUT2D eigenvalue weighted by molar-refractivity contribution is 7.80. The molecule has 1 aliphatic rings. The van der Waals surface area contributed by atoms with Gasteiger partial charge in [-0.05, 0) is 51.7 Å². The van der Waals surface area contributed by atoms with Gasteiger partial charge < -0.3 is 14.4 Å². The predicted octanol–water partition coefficient (Wildman–Crippen LogP) is 3.64. The predicted molar refractivity (Wildman–Crippen MR) is 96.1 cm³/mol. The molecule has 1 heterocycles. The summed E-state index contributed by atoms with van der Waals surface area (Å²) in [5.41, 5.74) is 1.81. The average molecular weight is 334 g/mol. The zero-order valence-electron chi connectivity index (χ0n) is 14.2. The van der Waals surface area contributed by atoms with E-state index in [0.717, 1.165) is 11.0 Å². The van der Waals surface area contributed by atoms with E-state index in [0.29, 0.717) is 11.3 Å². The summed E-state index contributed by atoms with van der Waals surface area (Å²) in [5.74, 6) is -0.534. The molecule has 23 heavy (non-hydrogen) atoms. The van der Waals surface area contributed by atoms with Gasteiger partial charge in [-0.25, -0.2) is 4.79 Å². The van der Waals surface area contributed by atoms with Crippen molar-refractivity contribution in [3.05, 3.63) is 40.4 Å². The number of benzene rings is 1. The average Bonchev–Trinajstić information content (AvgIpc) is 2.64. The summed E-state index contributed by atoms with van der Waals surface area (Å²) in [7, 11) is -0.528. The van der Waals surface area contributed by atoms with Gasteiger partial charge >= 0.3 is 13.1 Å². The molecule has 1 N–H and O–H groups in total. The number of carboxylic acids is 1. The zero-order chi connectivity index (χ0) is 17.4. The van der Waals surface area contributed by atoms with Crippen molar-refractivity contribution in [1.82, 2.24) is 0 Å². The highest BCUT2D eigenvalue weighted by atomic mass is 32.1. The van der Waals surface area contributed by atoms with E-state index in [1.165, 1.54) is 0 Å². The largest absolute Gasteiger partial charge is 0.491 e. The summed E-state index contributed by atoms with van der Waals surface area (Å²) in [6, 6.07) is 5.25. The molecule has 1 saturated heterocycles. The van der Waals surface area contributed by atoms with Crippen molar-refractivity contribution < 1.29 is 19.2 Å². The number of hydrogen-bond acceptors (Lipinski definition) is 4. The SMILES string of the molecule is Cc1ccc(C(=O)O)c(C=C(CS)B2OC(C)(C)C(C)(C)O2)c1. The highest BCUT2D eigenvalue weighted by Crippen LogP contribution is 2.39. The Kier molecular flexibility index (Phi) is 4.99. The van der Waals surface area contributed by atoms with Crippen molar-refractivity contribution in [1.29, 1.82) is 0 Å². The van der Waals surface area contributed by atoms with E-state index in [1.807, 2.05) is 46.8 Å². The van der Waals surface area contributed by atoms with Crippen molar-refractivity contribution in [3.8, 4) is 0 Å². The van der Waals surface area contributed by atoms with Crippen LogP contribution in [0.2, 0.25) is 0 Å². The first kappa shape index (κ1) is 18.1. The Morgan fingerprint density at radius 3 is 2.30 bits per heavy atom. The molecule has 2 rings (SSSR count). The monoisotopic (exact) mass is 334 g/mol. The van der Waals surface area contributed by atoms with E-state index in [2.05, 4.69) is 12.6 Å². The van der Waals surface area contributed by atoms with Gasteiger partial charge in [0, 0.05) is 5.75 Å². The van der Waals surface area contributed by atoms with E-state index in [-0.39, 0.29) is 5.56 Å². The van der Waals surface area contributed by atoms with Gasteiger partial charge in [-0.1, -0.05) is 23.8 Å². The Balaban J connectivity index is 2.41. The molecule has 1 aromatic rings. The normalized spacial score (nSPS) is 19.9. The lowest BCUT2D eigenvalue weighted by molar-refractivity contribution is 0.00578. The Labute approximate surface area is 143 Å². The molecule has 0 atom stereocenters. The summed E-state index contributed by atoms with van der Waals surface area (Å²) < 4.78 is 12.1. The zero-order valence-corrected chi connectivity index (χ0v) is 15.1. The fourth-order valence-corrected chi connectivity index (χ4v) is 2.62. The van der Waals surface area contributed by atoms with Gasteiger partial charge in [0.2, 0.25) is 0 Å². The van der Waals surface area contributed by atoms with Gasteiger partial charge in [-0.3, -0.25) is 0 Å². The number of carboxylic acid groups (broad SMARTS) is 1. The van der Waals surface area contributed by atoms with Crippen LogP contribution >= 0.6 is 12.6 Å². The fraction of sp³-hybridized carbons (Fsp3) is 0.471. The third-order valence-corrected chi connectivity index (χ3v) is 4.88. The van der Waals surface area contributed by atoms with Gasteiger partial charge in [-0.15, -0.1) is 0 Å². The standard InChI is InChI=1S/C17H23BO4S/c1-11-6-7-14(15(19)20)12(8-11)9-13(10-23)18-21-16(2,3)17(4,5)22-18/h6-9,23H,10H2,1-5H3,(H,19,20). The van der Waals surface area contributed by atoms with E-state index < -0.39 is 24.3 Å². The lowest BCUT2D eigenvalue weighted by Gasteiger charge is -2.32.